The lowest BCUT2D eigenvalue weighted by molar-refractivity contribution is -0.117. The fourth-order valence-corrected chi connectivity index (χ4v) is 2.73. The predicted octanol–water partition coefficient (Wildman–Crippen LogP) is 2.21. The van der Waals surface area contributed by atoms with Crippen LogP contribution in [0.5, 0.6) is 0 Å². The van der Waals surface area contributed by atoms with Gasteiger partial charge < -0.3 is 16.0 Å². The Balaban J connectivity index is 1.99. The van der Waals surface area contributed by atoms with Crippen molar-refractivity contribution in [3.63, 3.8) is 0 Å². The number of anilines is 2. The van der Waals surface area contributed by atoms with E-state index in [1.165, 1.54) is 0 Å². The van der Waals surface area contributed by atoms with Crippen LogP contribution in [-0.2, 0) is 4.79 Å². The Hall–Kier alpha value is -1.55. The Bertz CT molecular complexity index is 445. The molecular weight excluding hydrogens is 238 g/mol. The van der Waals surface area contributed by atoms with Crippen molar-refractivity contribution in [3.05, 3.63) is 24.3 Å². The summed E-state index contributed by atoms with van der Waals surface area (Å²) in [5.74, 6) is 0.406. The van der Waals surface area contributed by atoms with E-state index in [1.54, 1.807) is 0 Å². The molecule has 1 saturated carbocycles. The van der Waals surface area contributed by atoms with Gasteiger partial charge in [-0.1, -0.05) is 18.6 Å². The van der Waals surface area contributed by atoms with Gasteiger partial charge in [0.25, 0.3) is 0 Å². The molecule has 1 aromatic rings. The van der Waals surface area contributed by atoms with E-state index < -0.39 is 0 Å². The summed E-state index contributed by atoms with van der Waals surface area (Å²) in [6, 6.07) is 8.02. The first kappa shape index (κ1) is 13.9. The molecule has 0 aromatic heterocycles. The molecule has 4 heteroatoms. The molecule has 2 rings (SSSR count). The lowest BCUT2D eigenvalue weighted by Crippen LogP contribution is -2.28. The van der Waals surface area contributed by atoms with Crippen LogP contribution in [0.15, 0.2) is 24.3 Å². The molecule has 0 unspecified atom stereocenters. The average Bonchev–Trinajstić information content (AvgIpc) is 2.75. The number of carbonyl (C=O) groups is 1. The molecule has 3 N–H and O–H groups in total. The van der Waals surface area contributed by atoms with E-state index in [1.807, 2.05) is 43.3 Å². The largest absolute Gasteiger partial charge is 0.376 e. The van der Waals surface area contributed by atoms with Gasteiger partial charge in [0.15, 0.2) is 0 Å². The summed E-state index contributed by atoms with van der Waals surface area (Å²) in [7, 11) is 3.94. The summed E-state index contributed by atoms with van der Waals surface area (Å²) < 4.78 is 0. The second kappa shape index (κ2) is 6.06. The van der Waals surface area contributed by atoms with Crippen LogP contribution in [0.25, 0.3) is 0 Å². The minimum atomic E-state index is 0.0663. The number of amides is 1. The van der Waals surface area contributed by atoms with Gasteiger partial charge >= 0.3 is 0 Å². The third kappa shape index (κ3) is 3.47. The Kier molecular flexibility index (Phi) is 4.43. The second-order valence-corrected chi connectivity index (χ2v) is 5.52. The van der Waals surface area contributed by atoms with Crippen LogP contribution in [-0.4, -0.2) is 26.0 Å². The van der Waals surface area contributed by atoms with Crippen LogP contribution in [0.4, 0.5) is 11.4 Å². The molecule has 1 amide bonds. The molecule has 0 bridgehead atoms. The first-order valence-electron chi connectivity index (χ1n) is 6.89. The summed E-state index contributed by atoms with van der Waals surface area (Å²) in [5, 5.41) is 3.00. The number of hydrogen-bond acceptors (Lipinski definition) is 3. The van der Waals surface area contributed by atoms with Gasteiger partial charge in [-0.3, -0.25) is 4.79 Å². The average molecular weight is 261 g/mol. The molecule has 0 heterocycles. The molecule has 0 saturated heterocycles. The Morgan fingerprint density at radius 2 is 2.11 bits per heavy atom. The highest BCUT2D eigenvalue weighted by atomic mass is 16.1. The Labute approximate surface area is 115 Å². The van der Waals surface area contributed by atoms with Crippen LogP contribution in [0.3, 0.4) is 0 Å². The lowest BCUT2D eigenvalue weighted by atomic mass is 10.00. The van der Waals surface area contributed by atoms with Crippen molar-refractivity contribution >= 4 is 17.3 Å². The van der Waals surface area contributed by atoms with Crippen molar-refractivity contribution in [2.45, 2.75) is 31.7 Å². The molecular formula is C15H23N3O. The number of rotatable bonds is 4. The predicted molar refractivity (Wildman–Crippen MR) is 79.3 cm³/mol. The fourth-order valence-electron chi connectivity index (χ4n) is 2.73. The van der Waals surface area contributed by atoms with E-state index in [2.05, 4.69) is 5.32 Å². The van der Waals surface area contributed by atoms with Crippen molar-refractivity contribution in [2.24, 2.45) is 11.7 Å². The Morgan fingerprint density at radius 3 is 2.74 bits per heavy atom. The molecule has 19 heavy (non-hydrogen) atoms. The van der Waals surface area contributed by atoms with Crippen molar-refractivity contribution < 1.29 is 4.79 Å². The molecule has 2 atom stereocenters. The molecule has 0 radical (unpaired) electrons. The van der Waals surface area contributed by atoms with Gasteiger partial charge in [0.2, 0.25) is 5.91 Å². The maximum atomic E-state index is 12.1. The topological polar surface area (TPSA) is 58.4 Å². The van der Waals surface area contributed by atoms with E-state index in [0.29, 0.717) is 12.3 Å². The lowest BCUT2D eigenvalue weighted by Gasteiger charge is -2.19. The van der Waals surface area contributed by atoms with Gasteiger partial charge in [0.1, 0.15) is 0 Å². The van der Waals surface area contributed by atoms with E-state index in [4.69, 9.17) is 5.73 Å². The number of para-hydroxylation sites is 2. The van der Waals surface area contributed by atoms with Gasteiger partial charge in [-0.05, 0) is 30.9 Å². The number of hydrogen-bond donors (Lipinski definition) is 2. The van der Waals surface area contributed by atoms with Crippen molar-refractivity contribution in [1.82, 2.24) is 0 Å². The number of benzene rings is 1. The molecule has 0 spiro atoms. The molecule has 1 fully saturated rings. The monoisotopic (exact) mass is 261 g/mol. The van der Waals surface area contributed by atoms with Gasteiger partial charge in [0, 0.05) is 26.6 Å². The van der Waals surface area contributed by atoms with Crippen molar-refractivity contribution in [3.8, 4) is 0 Å². The Morgan fingerprint density at radius 1 is 1.37 bits per heavy atom. The number of carbonyl (C=O) groups excluding carboxylic acids is 1. The minimum absolute atomic E-state index is 0.0663. The first-order valence-corrected chi connectivity index (χ1v) is 6.89. The maximum absolute atomic E-state index is 12.1. The smallest absolute Gasteiger partial charge is 0.224 e. The minimum Gasteiger partial charge on any atom is -0.376 e. The summed E-state index contributed by atoms with van der Waals surface area (Å²) >= 11 is 0. The molecule has 1 aromatic carbocycles. The molecule has 1 aliphatic rings. The van der Waals surface area contributed by atoms with E-state index in [9.17, 15) is 4.79 Å². The number of nitrogens with zero attached hydrogens (tertiary/aromatic N) is 1. The van der Waals surface area contributed by atoms with Crippen LogP contribution in [0.2, 0.25) is 0 Å². The van der Waals surface area contributed by atoms with Crippen LogP contribution < -0.4 is 16.0 Å². The zero-order chi connectivity index (χ0) is 13.8. The molecule has 0 aliphatic heterocycles. The summed E-state index contributed by atoms with van der Waals surface area (Å²) in [6.07, 6.45) is 3.80. The third-order valence-electron chi connectivity index (χ3n) is 3.83. The van der Waals surface area contributed by atoms with Gasteiger partial charge in [-0.2, -0.15) is 0 Å². The van der Waals surface area contributed by atoms with Crippen molar-refractivity contribution in [1.29, 1.82) is 0 Å². The molecule has 104 valence electrons. The quantitative estimate of drug-likeness (QED) is 0.873. The van der Waals surface area contributed by atoms with Crippen LogP contribution in [0, 0.1) is 5.92 Å². The van der Waals surface area contributed by atoms with Gasteiger partial charge in [-0.15, -0.1) is 0 Å². The standard InChI is InChI=1S/C15H23N3O/c1-18(2)14-9-4-3-8-13(14)17-15(19)10-11-6-5-7-12(11)16/h3-4,8-9,11-12H,5-7,10,16H2,1-2H3,(H,17,19)/t11-,12+/m0/s1. The number of nitrogens with two attached hydrogens (primary N) is 1. The highest BCUT2D eigenvalue weighted by Gasteiger charge is 2.26. The highest BCUT2D eigenvalue weighted by molar-refractivity contribution is 5.94. The van der Waals surface area contributed by atoms with Crippen LogP contribution >= 0.6 is 0 Å². The third-order valence-corrected chi connectivity index (χ3v) is 3.83. The van der Waals surface area contributed by atoms with E-state index in [0.717, 1.165) is 30.6 Å². The normalized spacial score (nSPS) is 22.3. The van der Waals surface area contributed by atoms with Crippen molar-refractivity contribution in [2.75, 3.05) is 24.3 Å². The van der Waals surface area contributed by atoms with Gasteiger partial charge in [-0.25, -0.2) is 0 Å². The van der Waals surface area contributed by atoms with E-state index in [-0.39, 0.29) is 11.9 Å². The highest BCUT2D eigenvalue weighted by Crippen LogP contribution is 2.28. The van der Waals surface area contributed by atoms with Gasteiger partial charge in [0.05, 0.1) is 11.4 Å². The second-order valence-electron chi connectivity index (χ2n) is 5.52. The molecule has 4 nitrogen and oxygen atoms in total. The zero-order valence-corrected chi connectivity index (χ0v) is 11.7. The summed E-state index contributed by atoms with van der Waals surface area (Å²) in [5.41, 5.74) is 7.90. The van der Waals surface area contributed by atoms with Crippen LogP contribution in [0.1, 0.15) is 25.7 Å². The van der Waals surface area contributed by atoms with E-state index >= 15 is 0 Å². The SMILES string of the molecule is CN(C)c1ccccc1NC(=O)C[C@@H]1CCC[C@H]1N. The summed E-state index contributed by atoms with van der Waals surface area (Å²) in [6.45, 7) is 0. The summed E-state index contributed by atoms with van der Waals surface area (Å²) in [4.78, 5) is 14.1. The fraction of sp³-hybridized carbons (Fsp3) is 0.533. The maximum Gasteiger partial charge on any atom is 0.224 e. The zero-order valence-electron chi connectivity index (χ0n) is 11.7. The number of nitrogens with one attached hydrogen (secondary N) is 1. The first-order chi connectivity index (χ1) is 9.08. The molecule has 1 aliphatic carbocycles.